The third kappa shape index (κ3) is 2.10. The van der Waals surface area contributed by atoms with Gasteiger partial charge in [0.05, 0.1) is 12.1 Å². The minimum Gasteiger partial charge on any atom is -0.316 e. The van der Waals surface area contributed by atoms with E-state index >= 15 is 0 Å². The van der Waals surface area contributed by atoms with Crippen LogP contribution in [0.4, 0.5) is 13.2 Å². The number of hydrogen-bond acceptors (Lipinski definition) is 2. The van der Waals surface area contributed by atoms with E-state index in [1.807, 2.05) is 0 Å². The lowest BCUT2D eigenvalue weighted by Crippen LogP contribution is -2.49. The molecule has 2 atom stereocenters. The molecule has 0 saturated carbocycles. The van der Waals surface area contributed by atoms with Gasteiger partial charge in [0.1, 0.15) is 0 Å². The van der Waals surface area contributed by atoms with Crippen molar-refractivity contribution in [3.05, 3.63) is 0 Å². The molecule has 72 valence electrons. The Morgan fingerprint density at radius 2 is 1.92 bits per heavy atom. The fourth-order valence-corrected chi connectivity index (χ4v) is 1.43. The Bertz CT molecular complexity index is 157. The molecule has 1 aliphatic heterocycles. The molecule has 0 bridgehead atoms. The predicted octanol–water partition coefficient (Wildman–Crippen LogP) is 1.18. The molecule has 1 rings (SSSR count). The van der Waals surface area contributed by atoms with Gasteiger partial charge in [-0.25, -0.2) is 0 Å². The maximum atomic E-state index is 12.2. The Morgan fingerprint density at radius 3 is 2.33 bits per heavy atom. The Balaban J connectivity index is 2.51. The van der Waals surface area contributed by atoms with Crippen molar-refractivity contribution >= 4 is 0 Å². The van der Waals surface area contributed by atoms with Crippen molar-refractivity contribution in [2.45, 2.75) is 25.2 Å². The van der Waals surface area contributed by atoms with Crippen molar-refractivity contribution in [3.63, 3.8) is 0 Å². The van der Waals surface area contributed by atoms with Crippen molar-refractivity contribution in [2.75, 3.05) is 13.6 Å². The second-order valence-corrected chi connectivity index (χ2v) is 3.32. The second-order valence-electron chi connectivity index (χ2n) is 3.32. The zero-order chi connectivity index (χ0) is 9.35. The van der Waals surface area contributed by atoms with E-state index in [-0.39, 0.29) is 19.1 Å². The van der Waals surface area contributed by atoms with Crippen LogP contribution in [0.2, 0.25) is 0 Å². The summed E-state index contributed by atoms with van der Waals surface area (Å²) >= 11 is 0. The Kier molecular flexibility index (Phi) is 2.63. The zero-order valence-electron chi connectivity index (χ0n) is 6.93. The minimum absolute atomic E-state index is 0.0324. The zero-order valence-corrected chi connectivity index (χ0v) is 6.93. The maximum Gasteiger partial charge on any atom is 0.393 e. The van der Waals surface area contributed by atoms with Gasteiger partial charge in [0, 0.05) is 6.54 Å². The summed E-state index contributed by atoms with van der Waals surface area (Å²) in [6.07, 6.45) is -3.67. The molecule has 1 saturated heterocycles. The van der Waals surface area contributed by atoms with Gasteiger partial charge < -0.3 is 5.73 Å². The van der Waals surface area contributed by atoms with E-state index in [0.717, 1.165) is 0 Å². The normalized spacial score (nSPS) is 33.8. The fraction of sp³-hybridized carbons (Fsp3) is 1.00. The average molecular weight is 182 g/mol. The quantitative estimate of drug-likeness (QED) is 0.609. The van der Waals surface area contributed by atoms with Crippen LogP contribution in [0.5, 0.6) is 0 Å². The van der Waals surface area contributed by atoms with E-state index in [2.05, 4.69) is 0 Å². The van der Waals surface area contributed by atoms with Crippen LogP contribution in [0.25, 0.3) is 0 Å². The maximum absolute atomic E-state index is 12.2. The van der Waals surface area contributed by atoms with Crippen LogP contribution in [-0.4, -0.2) is 30.8 Å². The number of piperidine rings is 1. The topological polar surface area (TPSA) is 29.3 Å². The molecule has 0 aliphatic carbocycles. The fourth-order valence-electron chi connectivity index (χ4n) is 1.43. The molecule has 5 heteroatoms. The van der Waals surface area contributed by atoms with Crippen molar-refractivity contribution in [1.29, 1.82) is 0 Å². The van der Waals surface area contributed by atoms with Gasteiger partial charge in [-0.3, -0.25) is 4.90 Å². The van der Waals surface area contributed by atoms with Crippen LogP contribution in [0.1, 0.15) is 12.8 Å². The number of nitrogens with zero attached hydrogens (tertiary/aromatic N) is 1. The van der Waals surface area contributed by atoms with Crippen molar-refractivity contribution in [1.82, 2.24) is 4.90 Å². The second kappa shape index (κ2) is 3.22. The first-order chi connectivity index (χ1) is 5.41. The first kappa shape index (κ1) is 9.80. The highest BCUT2D eigenvalue weighted by Gasteiger charge is 2.42. The van der Waals surface area contributed by atoms with Gasteiger partial charge in [0.15, 0.2) is 0 Å². The van der Waals surface area contributed by atoms with Crippen LogP contribution in [-0.2, 0) is 0 Å². The SMILES string of the molecule is CN1CC(C(F)(F)F)CCC1N. The standard InChI is InChI=1S/C7H13F3N2/c1-12-4-5(7(8,9)10)2-3-6(12)11/h5-6H,2-4,11H2,1H3. The van der Waals surface area contributed by atoms with Crippen LogP contribution in [0.15, 0.2) is 0 Å². The van der Waals surface area contributed by atoms with Gasteiger partial charge >= 0.3 is 6.18 Å². The molecule has 1 aliphatic rings. The molecule has 0 amide bonds. The van der Waals surface area contributed by atoms with E-state index in [0.29, 0.717) is 6.42 Å². The summed E-state index contributed by atoms with van der Waals surface area (Å²) in [5.74, 6) is -1.19. The molecule has 0 aromatic carbocycles. The molecule has 2 unspecified atom stereocenters. The lowest BCUT2D eigenvalue weighted by Gasteiger charge is -2.35. The molecular formula is C7H13F3N2. The summed E-state index contributed by atoms with van der Waals surface area (Å²) < 4.78 is 36.5. The summed E-state index contributed by atoms with van der Waals surface area (Å²) in [6, 6.07) is 0. The highest BCUT2D eigenvalue weighted by molar-refractivity contribution is 4.79. The van der Waals surface area contributed by atoms with Gasteiger partial charge in [-0.2, -0.15) is 13.2 Å². The van der Waals surface area contributed by atoms with Crippen molar-refractivity contribution in [2.24, 2.45) is 11.7 Å². The van der Waals surface area contributed by atoms with Gasteiger partial charge in [-0.05, 0) is 19.9 Å². The lowest BCUT2D eigenvalue weighted by molar-refractivity contribution is -0.188. The summed E-state index contributed by atoms with van der Waals surface area (Å²) in [4.78, 5) is 1.56. The average Bonchev–Trinajstić information content (AvgIpc) is 1.92. The molecule has 0 aromatic rings. The van der Waals surface area contributed by atoms with E-state index < -0.39 is 12.1 Å². The monoisotopic (exact) mass is 182 g/mol. The van der Waals surface area contributed by atoms with Crippen molar-refractivity contribution in [3.8, 4) is 0 Å². The highest BCUT2D eigenvalue weighted by Crippen LogP contribution is 2.33. The molecule has 2 N–H and O–H groups in total. The number of rotatable bonds is 0. The molecule has 0 spiro atoms. The molecule has 1 fully saturated rings. The van der Waals surface area contributed by atoms with E-state index in [4.69, 9.17) is 5.73 Å². The lowest BCUT2D eigenvalue weighted by atomic mass is 9.96. The Morgan fingerprint density at radius 1 is 1.33 bits per heavy atom. The number of hydrogen-bond donors (Lipinski definition) is 1. The van der Waals surface area contributed by atoms with Crippen molar-refractivity contribution < 1.29 is 13.2 Å². The van der Waals surface area contributed by atoms with Gasteiger partial charge in [0.25, 0.3) is 0 Å². The van der Waals surface area contributed by atoms with Crippen LogP contribution in [0.3, 0.4) is 0 Å². The minimum atomic E-state index is -4.06. The number of likely N-dealkylation sites (tertiary alicyclic amines) is 1. The molecule has 0 aromatic heterocycles. The first-order valence-corrected chi connectivity index (χ1v) is 3.94. The van der Waals surface area contributed by atoms with E-state index in [1.165, 1.54) is 0 Å². The molecule has 0 radical (unpaired) electrons. The number of alkyl halides is 3. The van der Waals surface area contributed by atoms with E-state index in [1.54, 1.807) is 11.9 Å². The smallest absolute Gasteiger partial charge is 0.316 e. The summed E-state index contributed by atoms with van der Waals surface area (Å²) in [6.45, 7) is 0.0324. The molecular weight excluding hydrogens is 169 g/mol. The first-order valence-electron chi connectivity index (χ1n) is 3.94. The third-order valence-corrected chi connectivity index (χ3v) is 2.35. The number of nitrogens with two attached hydrogens (primary N) is 1. The molecule has 1 heterocycles. The Labute approximate surface area is 69.5 Å². The molecule has 12 heavy (non-hydrogen) atoms. The van der Waals surface area contributed by atoms with Gasteiger partial charge in [-0.15, -0.1) is 0 Å². The summed E-state index contributed by atoms with van der Waals surface area (Å²) in [5.41, 5.74) is 5.54. The number of halogens is 3. The van der Waals surface area contributed by atoms with Gasteiger partial charge in [-0.1, -0.05) is 0 Å². The van der Waals surface area contributed by atoms with Crippen LogP contribution in [0, 0.1) is 5.92 Å². The van der Waals surface area contributed by atoms with Gasteiger partial charge in [0.2, 0.25) is 0 Å². The third-order valence-electron chi connectivity index (χ3n) is 2.35. The predicted molar refractivity (Wildman–Crippen MR) is 39.4 cm³/mol. The van der Waals surface area contributed by atoms with Crippen LogP contribution < -0.4 is 5.73 Å². The Hall–Kier alpha value is -0.290. The van der Waals surface area contributed by atoms with E-state index in [9.17, 15) is 13.2 Å². The summed E-state index contributed by atoms with van der Waals surface area (Å²) in [7, 11) is 1.63. The summed E-state index contributed by atoms with van der Waals surface area (Å²) in [5, 5.41) is 0. The molecule has 2 nitrogen and oxygen atoms in total. The highest BCUT2D eigenvalue weighted by atomic mass is 19.4. The largest absolute Gasteiger partial charge is 0.393 e. The van der Waals surface area contributed by atoms with Crippen LogP contribution >= 0.6 is 0 Å².